The summed E-state index contributed by atoms with van der Waals surface area (Å²) in [5.41, 5.74) is 7.77. The molecule has 0 aromatic heterocycles. The molecule has 2 aromatic carbocycles. The third kappa shape index (κ3) is 3.90. The van der Waals surface area contributed by atoms with Gasteiger partial charge in [-0.15, -0.1) is 0 Å². The van der Waals surface area contributed by atoms with Crippen LogP contribution in [0.15, 0.2) is 48.5 Å². The van der Waals surface area contributed by atoms with E-state index < -0.39 is 0 Å². The van der Waals surface area contributed by atoms with Crippen LogP contribution in [0.4, 0.5) is 5.69 Å². The number of aryl methyl sites for hydroxylation is 1. The lowest BCUT2D eigenvalue weighted by atomic mass is 10.1. The molecular weight excluding hydrogens is 288 g/mol. The number of carbonyl (C=O) groups is 1. The number of carbonyl (C=O) groups excluding carboxylic acids is 1. The van der Waals surface area contributed by atoms with Crippen molar-refractivity contribution in [1.82, 2.24) is 0 Å². The highest BCUT2D eigenvalue weighted by Crippen LogP contribution is 2.31. The SMILES string of the molecule is Cc1ccc(Oc2ccccc2NC(=O)C2CCC(N)C2)cc1. The van der Waals surface area contributed by atoms with Crippen molar-refractivity contribution < 1.29 is 9.53 Å². The van der Waals surface area contributed by atoms with E-state index in [1.807, 2.05) is 55.5 Å². The number of nitrogens with one attached hydrogen (secondary N) is 1. The van der Waals surface area contributed by atoms with Crippen LogP contribution in [0.25, 0.3) is 0 Å². The van der Waals surface area contributed by atoms with E-state index in [1.54, 1.807) is 0 Å². The molecule has 0 spiro atoms. The van der Waals surface area contributed by atoms with Crippen LogP contribution in [0, 0.1) is 12.8 Å². The second kappa shape index (κ2) is 6.84. The molecule has 3 rings (SSSR count). The van der Waals surface area contributed by atoms with Gasteiger partial charge in [0.25, 0.3) is 0 Å². The average molecular weight is 310 g/mol. The van der Waals surface area contributed by atoms with E-state index >= 15 is 0 Å². The Labute approximate surface area is 136 Å². The highest BCUT2D eigenvalue weighted by Gasteiger charge is 2.28. The van der Waals surface area contributed by atoms with Crippen LogP contribution in [0.1, 0.15) is 24.8 Å². The van der Waals surface area contributed by atoms with Crippen molar-refractivity contribution in [2.45, 2.75) is 32.2 Å². The Morgan fingerprint density at radius 1 is 1.13 bits per heavy atom. The van der Waals surface area contributed by atoms with Gasteiger partial charge in [-0.1, -0.05) is 29.8 Å². The van der Waals surface area contributed by atoms with Crippen LogP contribution < -0.4 is 15.8 Å². The zero-order valence-corrected chi connectivity index (χ0v) is 13.3. The van der Waals surface area contributed by atoms with Crippen molar-refractivity contribution in [2.24, 2.45) is 11.7 Å². The van der Waals surface area contributed by atoms with Gasteiger partial charge in [-0.25, -0.2) is 0 Å². The summed E-state index contributed by atoms with van der Waals surface area (Å²) in [4.78, 5) is 12.4. The molecule has 0 radical (unpaired) electrons. The molecule has 2 unspecified atom stereocenters. The fraction of sp³-hybridized carbons (Fsp3) is 0.316. The lowest BCUT2D eigenvalue weighted by Gasteiger charge is -2.15. The topological polar surface area (TPSA) is 64.3 Å². The predicted octanol–water partition coefficient (Wildman–Crippen LogP) is 3.85. The third-order valence-corrected chi connectivity index (χ3v) is 4.24. The Morgan fingerprint density at radius 2 is 1.87 bits per heavy atom. The normalized spacial score (nSPS) is 20.3. The minimum atomic E-state index is -0.00238. The zero-order valence-electron chi connectivity index (χ0n) is 13.3. The molecule has 0 bridgehead atoms. The molecule has 1 aliphatic rings. The van der Waals surface area contributed by atoms with Gasteiger partial charge in [0.15, 0.2) is 5.75 Å². The van der Waals surface area contributed by atoms with Crippen molar-refractivity contribution in [3.63, 3.8) is 0 Å². The summed E-state index contributed by atoms with van der Waals surface area (Å²) in [6, 6.07) is 15.5. The number of rotatable bonds is 4. The molecule has 2 aromatic rings. The van der Waals surface area contributed by atoms with Gasteiger partial charge < -0.3 is 15.8 Å². The first-order valence-corrected chi connectivity index (χ1v) is 8.02. The van der Waals surface area contributed by atoms with Crippen molar-refractivity contribution in [1.29, 1.82) is 0 Å². The minimum Gasteiger partial charge on any atom is -0.455 e. The van der Waals surface area contributed by atoms with Gasteiger partial charge in [0.2, 0.25) is 5.91 Å². The van der Waals surface area contributed by atoms with E-state index in [0.717, 1.165) is 25.0 Å². The quantitative estimate of drug-likeness (QED) is 0.901. The summed E-state index contributed by atoms with van der Waals surface area (Å²) in [6.07, 6.45) is 2.53. The number of anilines is 1. The van der Waals surface area contributed by atoms with Crippen molar-refractivity contribution in [2.75, 3.05) is 5.32 Å². The van der Waals surface area contributed by atoms with Gasteiger partial charge >= 0.3 is 0 Å². The van der Waals surface area contributed by atoms with Crippen LogP contribution in [-0.2, 0) is 4.79 Å². The minimum absolute atomic E-state index is 0.00238. The molecule has 1 saturated carbocycles. The smallest absolute Gasteiger partial charge is 0.227 e. The second-order valence-corrected chi connectivity index (χ2v) is 6.17. The number of nitrogens with two attached hydrogens (primary N) is 1. The summed E-state index contributed by atoms with van der Waals surface area (Å²) in [5.74, 6) is 1.42. The lowest BCUT2D eigenvalue weighted by Crippen LogP contribution is -2.23. The van der Waals surface area contributed by atoms with Gasteiger partial charge in [0, 0.05) is 12.0 Å². The van der Waals surface area contributed by atoms with E-state index in [4.69, 9.17) is 10.5 Å². The molecule has 1 amide bonds. The van der Waals surface area contributed by atoms with Crippen molar-refractivity contribution >= 4 is 11.6 Å². The van der Waals surface area contributed by atoms with Gasteiger partial charge in [-0.2, -0.15) is 0 Å². The monoisotopic (exact) mass is 310 g/mol. The summed E-state index contributed by atoms with van der Waals surface area (Å²) < 4.78 is 5.91. The van der Waals surface area contributed by atoms with E-state index in [2.05, 4.69) is 5.32 Å². The van der Waals surface area contributed by atoms with Crippen LogP contribution in [0.2, 0.25) is 0 Å². The molecule has 120 valence electrons. The van der Waals surface area contributed by atoms with E-state index in [-0.39, 0.29) is 17.9 Å². The Balaban J connectivity index is 1.72. The number of benzene rings is 2. The summed E-state index contributed by atoms with van der Waals surface area (Å²) in [5, 5.41) is 2.99. The fourth-order valence-corrected chi connectivity index (χ4v) is 2.88. The average Bonchev–Trinajstić information content (AvgIpc) is 2.98. The molecule has 4 heteroatoms. The van der Waals surface area contributed by atoms with Crippen LogP contribution in [-0.4, -0.2) is 11.9 Å². The van der Waals surface area contributed by atoms with E-state index in [0.29, 0.717) is 11.4 Å². The predicted molar refractivity (Wildman–Crippen MR) is 91.6 cm³/mol. The molecule has 1 aliphatic carbocycles. The highest BCUT2D eigenvalue weighted by molar-refractivity contribution is 5.94. The molecule has 0 saturated heterocycles. The zero-order chi connectivity index (χ0) is 16.2. The molecule has 3 N–H and O–H groups in total. The third-order valence-electron chi connectivity index (χ3n) is 4.24. The van der Waals surface area contributed by atoms with Crippen molar-refractivity contribution in [3.8, 4) is 11.5 Å². The van der Waals surface area contributed by atoms with Crippen molar-refractivity contribution in [3.05, 3.63) is 54.1 Å². The fourth-order valence-electron chi connectivity index (χ4n) is 2.88. The second-order valence-electron chi connectivity index (χ2n) is 6.17. The number of hydrogen-bond donors (Lipinski definition) is 2. The van der Waals surface area contributed by atoms with Gasteiger partial charge in [-0.05, 0) is 50.5 Å². The van der Waals surface area contributed by atoms with Gasteiger partial charge in [0.1, 0.15) is 5.75 Å². The van der Waals surface area contributed by atoms with Gasteiger partial charge in [0.05, 0.1) is 5.69 Å². The standard InChI is InChI=1S/C19H22N2O2/c1-13-6-10-16(11-7-13)23-18-5-3-2-4-17(18)21-19(22)14-8-9-15(20)12-14/h2-7,10-11,14-15H,8-9,12,20H2,1H3,(H,21,22). The molecule has 0 aliphatic heterocycles. The Bertz CT molecular complexity index is 682. The van der Waals surface area contributed by atoms with E-state index in [1.165, 1.54) is 5.56 Å². The summed E-state index contributed by atoms with van der Waals surface area (Å²) >= 11 is 0. The largest absolute Gasteiger partial charge is 0.455 e. The first kappa shape index (κ1) is 15.6. The molecular formula is C19H22N2O2. The Morgan fingerprint density at radius 3 is 2.57 bits per heavy atom. The molecule has 0 heterocycles. The first-order valence-electron chi connectivity index (χ1n) is 8.02. The lowest BCUT2D eigenvalue weighted by molar-refractivity contribution is -0.119. The van der Waals surface area contributed by atoms with Gasteiger partial charge in [-0.3, -0.25) is 4.79 Å². The maximum atomic E-state index is 12.4. The Kier molecular flexibility index (Phi) is 4.63. The first-order chi connectivity index (χ1) is 11.1. The number of ether oxygens (including phenoxy) is 1. The number of amides is 1. The van der Waals surface area contributed by atoms with Crippen LogP contribution in [0.3, 0.4) is 0 Å². The van der Waals surface area contributed by atoms with E-state index in [9.17, 15) is 4.79 Å². The Hall–Kier alpha value is -2.33. The maximum Gasteiger partial charge on any atom is 0.227 e. The number of hydrogen-bond acceptors (Lipinski definition) is 3. The molecule has 4 nitrogen and oxygen atoms in total. The van der Waals surface area contributed by atoms with Crippen LogP contribution >= 0.6 is 0 Å². The van der Waals surface area contributed by atoms with Crippen LogP contribution in [0.5, 0.6) is 11.5 Å². The highest BCUT2D eigenvalue weighted by atomic mass is 16.5. The summed E-state index contributed by atoms with van der Waals surface area (Å²) in [7, 11) is 0. The number of para-hydroxylation sites is 2. The molecule has 2 atom stereocenters. The molecule has 23 heavy (non-hydrogen) atoms. The molecule has 1 fully saturated rings. The summed E-state index contributed by atoms with van der Waals surface area (Å²) in [6.45, 7) is 2.03. The maximum absolute atomic E-state index is 12.4.